The first-order valence-corrected chi connectivity index (χ1v) is 15.3. The molecule has 14 heteroatoms. The lowest BCUT2D eigenvalue weighted by Gasteiger charge is -2.31. The molecule has 0 aliphatic carbocycles. The number of tetrazole rings is 1. The van der Waals surface area contributed by atoms with Gasteiger partial charge in [-0.3, -0.25) is 10.2 Å². The van der Waals surface area contributed by atoms with Gasteiger partial charge < -0.3 is 15.2 Å². The SMILES string of the molecule is CC(C)(C)OC(=O)NN(Cc1ccc(-c2nnn(C(C)(C)c3ccccc3)n2)cc1)CC(O)C(Cc1ccccc1)NC(=O)C(F)(F)F. The molecule has 4 aromatic rings. The van der Waals surface area contributed by atoms with E-state index >= 15 is 0 Å². The van der Waals surface area contributed by atoms with Gasteiger partial charge in [-0.15, -0.1) is 10.2 Å². The quantitative estimate of drug-likeness (QED) is 0.180. The molecule has 0 fully saturated rings. The van der Waals surface area contributed by atoms with Gasteiger partial charge in [0.15, 0.2) is 0 Å². The number of ether oxygens (including phenoxy) is 1. The van der Waals surface area contributed by atoms with E-state index in [-0.39, 0.29) is 19.5 Å². The smallest absolute Gasteiger partial charge is 0.443 e. The molecule has 0 saturated heterocycles. The molecule has 0 bridgehead atoms. The fraction of sp³-hybridized carbons (Fsp3) is 0.382. The molecule has 3 aromatic carbocycles. The van der Waals surface area contributed by atoms with Crippen molar-refractivity contribution in [2.75, 3.05) is 6.54 Å². The average molecular weight is 668 g/mol. The van der Waals surface area contributed by atoms with E-state index in [1.165, 1.54) is 5.01 Å². The van der Waals surface area contributed by atoms with Crippen LogP contribution in [-0.2, 0) is 28.0 Å². The van der Waals surface area contributed by atoms with Crippen LogP contribution in [-0.4, -0.2) is 72.8 Å². The van der Waals surface area contributed by atoms with E-state index in [0.717, 1.165) is 5.56 Å². The Morgan fingerprint density at radius 3 is 2.08 bits per heavy atom. The average Bonchev–Trinajstić information content (AvgIpc) is 3.52. The molecule has 0 aliphatic rings. The van der Waals surface area contributed by atoms with Crippen molar-refractivity contribution in [1.29, 1.82) is 0 Å². The van der Waals surface area contributed by atoms with Crippen molar-refractivity contribution in [1.82, 2.24) is 36.0 Å². The Kier molecular flexibility index (Phi) is 11.2. The molecular weight excluding hydrogens is 627 g/mol. The number of halogens is 3. The first-order chi connectivity index (χ1) is 22.5. The van der Waals surface area contributed by atoms with Gasteiger partial charge in [-0.05, 0) is 62.9 Å². The van der Waals surface area contributed by atoms with E-state index in [1.54, 1.807) is 80.2 Å². The van der Waals surface area contributed by atoms with Crippen LogP contribution in [0.5, 0.6) is 0 Å². The Morgan fingerprint density at radius 2 is 1.50 bits per heavy atom. The van der Waals surface area contributed by atoms with Gasteiger partial charge in [0.2, 0.25) is 5.82 Å². The minimum Gasteiger partial charge on any atom is -0.443 e. The molecule has 3 N–H and O–H groups in total. The minimum atomic E-state index is -5.15. The Balaban J connectivity index is 1.53. The molecule has 0 aliphatic heterocycles. The summed E-state index contributed by atoms with van der Waals surface area (Å²) in [6.45, 7) is 8.69. The number of benzene rings is 3. The highest BCUT2D eigenvalue weighted by atomic mass is 19.4. The zero-order chi connectivity index (χ0) is 35.1. The summed E-state index contributed by atoms with van der Waals surface area (Å²) in [5, 5.41) is 27.5. The Morgan fingerprint density at radius 1 is 0.896 bits per heavy atom. The first-order valence-electron chi connectivity index (χ1n) is 15.3. The van der Waals surface area contributed by atoms with Crippen LogP contribution in [0.4, 0.5) is 18.0 Å². The summed E-state index contributed by atoms with van der Waals surface area (Å²) in [7, 11) is 0. The first kappa shape index (κ1) is 36.0. The van der Waals surface area contributed by atoms with Gasteiger partial charge in [-0.2, -0.15) is 18.0 Å². The second kappa shape index (κ2) is 14.9. The number of carbonyl (C=O) groups is 2. The minimum absolute atomic E-state index is 0.0308. The summed E-state index contributed by atoms with van der Waals surface area (Å²) in [4.78, 5) is 26.2. The fourth-order valence-corrected chi connectivity index (χ4v) is 4.84. The second-order valence-corrected chi connectivity index (χ2v) is 12.9. The lowest BCUT2D eigenvalue weighted by atomic mass is 9.95. The molecule has 48 heavy (non-hydrogen) atoms. The number of rotatable bonds is 12. The number of hydrogen-bond acceptors (Lipinski definition) is 8. The topological polar surface area (TPSA) is 134 Å². The number of nitrogens with one attached hydrogen (secondary N) is 2. The van der Waals surface area contributed by atoms with Crippen molar-refractivity contribution >= 4 is 12.0 Å². The predicted molar refractivity (Wildman–Crippen MR) is 172 cm³/mol. The molecule has 2 atom stereocenters. The normalized spacial score (nSPS) is 13.5. The Labute approximate surface area is 277 Å². The highest BCUT2D eigenvalue weighted by Gasteiger charge is 2.41. The number of carbonyl (C=O) groups excluding carboxylic acids is 2. The maximum atomic E-state index is 13.2. The third-order valence-corrected chi connectivity index (χ3v) is 7.37. The summed E-state index contributed by atoms with van der Waals surface area (Å²) >= 11 is 0. The maximum absolute atomic E-state index is 13.2. The molecule has 2 unspecified atom stereocenters. The molecule has 11 nitrogen and oxygen atoms in total. The molecule has 256 valence electrons. The number of aromatic nitrogens is 4. The number of nitrogens with zero attached hydrogens (tertiary/aromatic N) is 5. The number of aliphatic hydroxyl groups is 1. The molecular formula is C34H40F3N7O4. The van der Waals surface area contributed by atoms with E-state index < -0.39 is 41.5 Å². The van der Waals surface area contributed by atoms with Crippen LogP contribution in [0.2, 0.25) is 0 Å². The van der Waals surface area contributed by atoms with Crippen molar-refractivity contribution in [3.63, 3.8) is 0 Å². The Hall–Kier alpha value is -4.82. The highest BCUT2D eigenvalue weighted by molar-refractivity contribution is 5.82. The molecule has 0 radical (unpaired) electrons. The van der Waals surface area contributed by atoms with Crippen molar-refractivity contribution in [2.24, 2.45) is 0 Å². The summed E-state index contributed by atoms with van der Waals surface area (Å²) in [6, 6.07) is 24.0. The van der Waals surface area contributed by atoms with Crippen LogP contribution < -0.4 is 10.7 Å². The van der Waals surface area contributed by atoms with Gasteiger partial charge in [0, 0.05) is 18.7 Å². The van der Waals surface area contributed by atoms with E-state index in [2.05, 4.69) is 20.8 Å². The molecule has 0 spiro atoms. The zero-order valence-corrected chi connectivity index (χ0v) is 27.4. The van der Waals surface area contributed by atoms with Crippen LogP contribution in [0.1, 0.15) is 51.3 Å². The molecule has 0 saturated carbocycles. The van der Waals surface area contributed by atoms with Crippen molar-refractivity contribution in [3.05, 3.63) is 102 Å². The number of aliphatic hydroxyl groups excluding tert-OH is 1. The van der Waals surface area contributed by atoms with Crippen LogP contribution in [0, 0.1) is 0 Å². The highest BCUT2D eigenvalue weighted by Crippen LogP contribution is 2.25. The molecule has 1 heterocycles. The zero-order valence-electron chi connectivity index (χ0n) is 27.4. The largest absolute Gasteiger partial charge is 0.471 e. The van der Waals surface area contributed by atoms with Crippen molar-refractivity contribution in [2.45, 2.75) is 77.0 Å². The lowest BCUT2D eigenvalue weighted by Crippen LogP contribution is -2.55. The number of hydrogen-bond donors (Lipinski definition) is 3. The lowest BCUT2D eigenvalue weighted by molar-refractivity contribution is -0.175. The summed E-state index contributed by atoms with van der Waals surface area (Å²) in [5.41, 5.74) is 4.14. The molecule has 4 rings (SSSR count). The van der Waals surface area contributed by atoms with Gasteiger partial charge in [0.05, 0.1) is 12.1 Å². The number of hydrazine groups is 1. The van der Waals surface area contributed by atoms with Crippen molar-refractivity contribution < 1.29 is 32.6 Å². The molecule has 2 amide bonds. The van der Waals surface area contributed by atoms with Gasteiger partial charge in [0.1, 0.15) is 11.1 Å². The third kappa shape index (κ3) is 10.1. The number of alkyl halides is 3. The van der Waals surface area contributed by atoms with Crippen LogP contribution >= 0.6 is 0 Å². The summed E-state index contributed by atoms with van der Waals surface area (Å²) < 4.78 is 45.0. The fourth-order valence-electron chi connectivity index (χ4n) is 4.84. The van der Waals surface area contributed by atoms with Gasteiger partial charge in [-0.25, -0.2) is 9.80 Å². The molecule has 1 aromatic heterocycles. The van der Waals surface area contributed by atoms with Crippen LogP contribution in [0.3, 0.4) is 0 Å². The van der Waals surface area contributed by atoms with Gasteiger partial charge in [0.25, 0.3) is 0 Å². The van der Waals surface area contributed by atoms with E-state index in [4.69, 9.17) is 4.74 Å². The van der Waals surface area contributed by atoms with Crippen LogP contribution in [0.15, 0.2) is 84.9 Å². The standard InChI is InChI=1S/C34H40F3N7O4/c1-32(2,3)48-31(47)41-43(22-28(45)27(38-30(46)34(35,36)37)20-23-12-8-6-9-13-23)21-24-16-18-25(19-17-24)29-39-42-44(40-29)33(4,5)26-14-10-7-11-15-26/h6-19,27-28,45H,20-22H2,1-5H3,(H,38,46)(H,41,47). The number of amides is 2. The van der Waals surface area contributed by atoms with Crippen LogP contribution in [0.25, 0.3) is 11.4 Å². The second-order valence-electron chi connectivity index (χ2n) is 12.9. The Bertz CT molecular complexity index is 1640. The predicted octanol–water partition coefficient (Wildman–Crippen LogP) is 5.02. The third-order valence-electron chi connectivity index (χ3n) is 7.37. The summed E-state index contributed by atoms with van der Waals surface area (Å²) in [6.07, 6.45) is -7.60. The maximum Gasteiger partial charge on any atom is 0.471 e. The van der Waals surface area contributed by atoms with E-state index in [1.807, 2.05) is 49.5 Å². The van der Waals surface area contributed by atoms with E-state index in [9.17, 15) is 27.9 Å². The van der Waals surface area contributed by atoms with E-state index in [0.29, 0.717) is 22.5 Å². The summed E-state index contributed by atoms with van der Waals surface area (Å²) in [5.74, 6) is -1.78. The van der Waals surface area contributed by atoms with Gasteiger partial charge in [-0.1, -0.05) is 84.9 Å². The monoisotopic (exact) mass is 667 g/mol. The van der Waals surface area contributed by atoms with Gasteiger partial charge >= 0.3 is 18.2 Å². The van der Waals surface area contributed by atoms with Crippen molar-refractivity contribution in [3.8, 4) is 11.4 Å².